The largest absolute Gasteiger partial charge is 0.497 e. The number of thiazole rings is 1. The maximum Gasteiger partial charge on any atom is 0.333 e. The number of methoxy groups -OCH3 is 1. The maximum atomic E-state index is 13.4. The maximum absolute atomic E-state index is 13.4. The van der Waals surface area contributed by atoms with Crippen LogP contribution >= 0.6 is 11.3 Å². The van der Waals surface area contributed by atoms with Crippen LogP contribution in [-0.4, -0.2) is 37.0 Å². The van der Waals surface area contributed by atoms with Gasteiger partial charge in [0.15, 0.2) is 11.5 Å². The van der Waals surface area contributed by atoms with Crippen molar-refractivity contribution in [3.8, 4) is 17.2 Å². The van der Waals surface area contributed by atoms with Gasteiger partial charge in [-0.15, -0.1) is 11.3 Å². The Hall–Kier alpha value is -4.57. The quantitative estimate of drug-likeness (QED) is 0.338. The molecule has 10 heteroatoms. The van der Waals surface area contributed by atoms with E-state index in [0.29, 0.717) is 20.7 Å². The van der Waals surface area contributed by atoms with Gasteiger partial charge in [0.05, 0.1) is 24.3 Å². The molecule has 0 aliphatic carbocycles. The highest BCUT2D eigenvalue weighted by atomic mass is 32.1. The number of rotatable bonds is 8. The summed E-state index contributed by atoms with van der Waals surface area (Å²) in [5, 5.41) is 4.81. The topological polar surface area (TPSA) is 105 Å². The molecular weight excluding hydrogens is 520 g/mol. The molecule has 2 heterocycles. The zero-order chi connectivity index (χ0) is 27.4. The minimum Gasteiger partial charge on any atom is -0.497 e. The number of ether oxygens (including phenoxy) is 4. The molecule has 1 aliphatic heterocycles. The molecule has 1 aliphatic rings. The summed E-state index contributed by atoms with van der Waals surface area (Å²) in [5.74, 6) is 1.08. The Labute approximate surface area is 227 Å². The van der Waals surface area contributed by atoms with Crippen molar-refractivity contribution >= 4 is 46.1 Å². The van der Waals surface area contributed by atoms with Gasteiger partial charge in [-0.25, -0.2) is 4.79 Å². The number of benzene rings is 3. The molecule has 0 unspecified atom stereocenters. The van der Waals surface area contributed by atoms with E-state index >= 15 is 0 Å². The number of esters is 1. The first-order valence-corrected chi connectivity index (χ1v) is 13.1. The average Bonchev–Trinajstić information content (AvgIpc) is 3.51. The van der Waals surface area contributed by atoms with E-state index in [1.807, 2.05) is 42.5 Å². The predicted octanol–water partition coefficient (Wildman–Crippen LogP) is 2.29. The highest BCUT2D eigenvalue weighted by molar-refractivity contribution is 7.07. The van der Waals surface area contributed by atoms with E-state index in [-0.39, 0.29) is 38.0 Å². The molecule has 39 heavy (non-hydrogen) atoms. The first-order chi connectivity index (χ1) is 18.9. The third-order valence-corrected chi connectivity index (χ3v) is 7.12. The second kappa shape index (κ2) is 11.4. The molecule has 5 rings (SSSR count). The summed E-state index contributed by atoms with van der Waals surface area (Å²) in [4.78, 5) is 38.4. The van der Waals surface area contributed by atoms with E-state index < -0.39 is 5.97 Å². The molecule has 3 aromatic carbocycles. The molecule has 0 fully saturated rings. The van der Waals surface area contributed by atoms with E-state index in [0.717, 1.165) is 39.0 Å². The number of aromatic nitrogens is 1. The van der Waals surface area contributed by atoms with Gasteiger partial charge in [-0.05, 0) is 65.2 Å². The summed E-state index contributed by atoms with van der Waals surface area (Å²) in [5.41, 5.74) is 1.27. The van der Waals surface area contributed by atoms with Crippen LogP contribution in [0.5, 0.6) is 17.2 Å². The van der Waals surface area contributed by atoms with E-state index in [9.17, 15) is 14.4 Å². The Morgan fingerprint density at radius 2 is 1.85 bits per heavy atom. The second-order valence-corrected chi connectivity index (χ2v) is 9.74. The molecular formula is C29H26N2O7S. The van der Waals surface area contributed by atoms with Crippen LogP contribution in [0.4, 0.5) is 0 Å². The minimum atomic E-state index is -0.584. The normalized spacial score (nSPS) is 13.1. The smallest absolute Gasteiger partial charge is 0.333 e. The number of amides is 1. The molecule has 0 atom stereocenters. The lowest BCUT2D eigenvalue weighted by Crippen LogP contribution is -2.38. The van der Waals surface area contributed by atoms with Gasteiger partial charge in [0.2, 0.25) is 12.7 Å². The Bertz CT molecular complexity index is 1740. The van der Waals surface area contributed by atoms with Crippen LogP contribution in [0.2, 0.25) is 0 Å². The zero-order valence-electron chi connectivity index (χ0n) is 21.4. The molecule has 0 saturated carbocycles. The zero-order valence-corrected chi connectivity index (χ0v) is 22.2. The summed E-state index contributed by atoms with van der Waals surface area (Å²) in [6, 6.07) is 17.0. The number of nitrogens with zero attached hydrogens (tertiary/aromatic N) is 1. The van der Waals surface area contributed by atoms with Gasteiger partial charge < -0.3 is 24.3 Å². The third kappa shape index (κ3) is 5.96. The van der Waals surface area contributed by atoms with Gasteiger partial charge in [-0.2, -0.15) is 0 Å². The van der Waals surface area contributed by atoms with Gasteiger partial charge in [0, 0.05) is 6.54 Å². The van der Waals surface area contributed by atoms with Crippen molar-refractivity contribution in [2.75, 3.05) is 20.5 Å². The van der Waals surface area contributed by atoms with Crippen molar-refractivity contribution in [1.82, 2.24) is 9.88 Å². The van der Waals surface area contributed by atoms with Crippen LogP contribution in [-0.2, 0) is 27.4 Å². The Morgan fingerprint density at radius 3 is 2.67 bits per heavy atom. The standard InChI is InChI=1S/C29H26N2O7S/c1-3-36-28(33)14-27-31(16-26(32)30-15-19-5-9-23-24(11-19)38-17-37-23)29(34)25(39-27)12-18-4-6-21-13-22(35-2)8-7-20(21)10-18/h4-14H,3,15-17H2,1-2H3,(H,30,32)/b25-12-,27-14+. The molecule has 0 spiro atoms. The average molecular weight is 547 g/mol. The highest BCUT2D eigenvalue weighted by Crippen LogP contribution is 2.32. The second-order valence-electron chi connectivity index (χ2n) is 8.67. The van der Waals surface area contributed by atoms with Crippen LogP contribution in [0.15, 0.2) is 59.4 Å². The fourth-order valence-corrected chi connectivity index (χ4v) is 5.17. The number of nitrogens with one attached hydrogen (secondary N) is 1. The van der Waals surface area contributed by atoms with Crippen molar-refractivity contribution < 1.29 is 28.5 Å². The summed E-state index contributed by atoms with van der Waals surface area (Å²) < 4.78 is 23.0. The summed E-state index contributed by atoms with van der Waals surface area (Å²) >= 11 is 1.12. The van der Waals surface area contributed by atoms with Gasteiger partial charge in [0.1, 0.15) is 17.0 Å². The van der Waals surface area contributed by atoms with Crippen LogP contribution in [0.25, 0.3) is 22.9 Å². The molecule has 1 N–H and O–H groups in total. The van der Waals surface area contributed by atoms with Crippen molar-refractivity contribution in [3.63, 3.8) is 0 Å². The van der Waals surface area contributed by atoms with Crippen LogP contribution in [0.1, 0.15) is 18.1 Å². The van der Waals surface area contributed by atoms with Crippen molar-refractivity contribution in [2.45, 2.75) is 20.0 Å². The first kappa shape index (κ1) is 26.1. The Kier molecular flexibility index (Phi) is 7.64. The molecule has 0 saturated heterocycles. The van der Waals surface area contributed by atoms with Gasteiger partial charge in [0.25, 0.3) is 5.56 Å². The third-order valence-electron chi connectivity index (χ3n) is 6.06. The molecule has 200 valence electrons. The minimum absolute atomic E-state index is 0.166. The van der Waals surface area contributed by atoms with Crippen LogP contribution in [0.3, 0.4) is 0 Å². The number of fused-ring (bicyclic) bond motifs is 2. The van der Waals surface area contributed by atoms with E-state index in [2.05, 4.69) is 5.32 Å². The number of hydrogen-bond acceptors (Lipinski definition) is 8. The lowest BCUT2D eigenvalue weighted by atomic mass is 10.1. The fraction of sp³-hybridized carbons (Fsp3) is 0.207. The number of hydrogen-bond donors (Lipinski definition) is 1. The SMILES string of the molecule is CCOC(=O)/C=c1/s/c(=C\c2ccc3cc(OC)ccc3c2)c(=O)n1CC(=O)NCc1ccc2c(c1)OCO2. The Balaban J connectivity index is 1.42. The first-order valence-electron chi connectivity index (χ1n) is 12.3. The molecule has 9 nitrogen and oxygen atoms in total. The predicted molar refractivity (Wildman–Crippen MR) is 147 cm³/mol. The molecule has 0 bridgehead atoms. The number of carbonyl (C=O) groups excluding carboxylic acids is 2. The fourth-order valence-electron chi connectivity index (χ4n) is 4.14. The monoisotopic (exact) mass is 546 g/mol. The molecule has 1 aromatic heterocycles. The summed E-state index contributed by atoms with van der Waals surface area (Å²) in [6.45, 7) is 2.05. The molecule has 1 amide bonds. The van der Waals surface area contributed by atoms with E-state index in [1.54, 1.807) is 32.2 Å². The van der Waals surface area contributed by atoms with E-state index in [1.165, 1.54) is 10.6 Å². The van der Waals surface area contributed by atoms with Crippen LogP contribution in [0, 0.1) is 0 Å². The lowest BCUT2D eigenvalue weighted by molar-refractivity contribution is -0.135. The summed E-state index contributed by atoms with van der Waals surface area (Å²) in [6.07, 6.45) is 2.99. The van der Waals surface area contributed by atoms with Gasteiger partial charge >= 0.3 is 5.97 Å². The van der Waals surface area contributed by atoms with Gasteiger partial charge in [-0.3, -0.25) is 14.2 Å². The van der Waals surface area contributed by atoms with Gasteiger partial charge in [-0.1, -0.05) is 24.3 Å². The lowest BCUT2D eigenvalue weighted by Gasteiger charge is -2.07. The number of carbonyl (C=O) groups is 2. The van der Waals surface area contributed by atoms with Crippen molar-refractivity contribution in [2.24, 2.45) is 0 Å². The Morgan fingerprint density at radius 1 is 1.05 bits per heavy atom. The van der Waals surface area contributed by atoms with E-state index in [4.69, 9.17) is 18.9 Å². The van der Waals surface area contributed by atoms with Crippen LogP contribution < -0.4 is 34.3 Å². The molecule has 0 radical (unpaired) electrons. The highest BCUT2D eigenvalue weighted by Gasteiger charge is 2.15. The summed E-state index contributed by atoms with van der Waals surface area (Å²) in [7, 11) is 1.62. The van der Waals surface area contributed by atoms with Crippen molar-refractivity contribution in [1.29, 1.82) is 0 Å². The molecule has 4 aromatic rings. The van der Waals surface area contributed by atoms with Crippen molar-refractivity contribution in [3.05, 3.63) is 85.3 Å².